The molecule has 104 valence electrons. The van der Waals surface area contributed by atoms with Crippen LogP contribution in [0.1, 0.15) is 10.4 Å². The van der Waals surface area contributed by atoms with Crippen LogP contribution in [0.5, 0.6) is 0 Å². The first-order valence-electron chi connectivity index (χ1n) is 6.26. The quantitative estimate of drug-likeness (QED) is 0.749. The molecule has 1 N–H and O–H groups in total. The Kier molecular flexibility index (Phi) is 3.66. The summed E-state index contributed by atoms with van der Waals surface area (Å²) in [6.45, 7) is 0. The third-order valence-electron chi connectivity index (χ3n) is 3.08. The van der Waals surface area contributed by atoms with Crippen LogP contribution in [0.15, 0.2) is 59.2 Å². The van der Waals surface area contributed by atoms with Gasteiger partial charge in [-0.15, -0.1) is 0 Å². The average molecular weight is 345 g/mol. The Morgan fingerprint density at radius 3 is 2.71 bits per heavy atom. The summed E-state index contributed by atoms with van der Waals surface area (Å²) in [5.41, 5.74) is 1.35. The van der Waals surface area contributed by atoms with Gasteiger partial charge in [-0.2, -0.15) is 0 Å². The molecular formula is C16H10BrFN2O. The van der Waals surface area contributed by atoms with E-state index in [-0.39, 0.29) is 5.56 Å². The minimum Gasteiger partial charge on any atom is -0.321 e. The zero-order valence-electron chi connectivity index (χ0n) is 10.8. The predicted molar refractivity (Wildman–Crippen MR) is 83.8 cm³/mol. The molecule has 3 aromatic rings. The first-order chi connectivity index (χ1) is 10.2. The summed E-state index contributed by atoms with van der Waals surface area (Å²) < 4.78 is 14.2. The normalized spacial score (nSPS) is 10.6. The molecule has 0 aliphatic carbocycles. The van der Waals surface area contributed by atoms with Crippen molar-refractivity contribution in [3.63, 3.8) is 0 Å². The number of nitrogens with zero attached hydrogens (tertiary/aromatic N) is 1. The summed E-state index contributed by atoms with van der Waals surface area (Å²) in [6, 6.07) is 13.5. The summed E-state index contributed by atoms with van der Waals surface area (Å²) in [7, 11) is 0. The highest BCUT2D eigenvalue weighted by molar-refractivity contribution is 9.10. The smallest absolute Gasteiger partial charge is 0.259 e. The van der Waals surface area contributed by atoms with Crippen LogP contribution >= 0.6 is 15.9 Å². The number of anilines is 1. The van der Waals surface area contributed by atoms with Crippen LogP contribution in [0.25, 0.3) is 10.9 Å². The van der Waals surface area contributed by atoms with Gasteiger partial charge < -0.3 is 5.32 Å². The van der Waals surface area contributed by atoms with Crippen LogP contribution in [0.4, 0.5) is 10.1 Å². The Bertz CT molecular complexity index is 810. The lowest BCUT2D eigenvalue weighted by Crippen LogP contribution is -2.14. The fourth-order valence-corrected chi connectivity index (χ4v) is 2.63. The lowest BCUT2D eigenvalue weighted by Gasteiger charge is -2.10. The fourth-order valence-electron chi connectivity index (χ4n) is 2.11. The zero-order valence-corrected chi connectivity index (χ0v) is 12.4. The number of carbonyl (C=O) groups excluding carboxylic acids is 1. The van der Waals surface area contributed by atoms with Gasteiger partial charge in [-0.05, 0) is 52.3 Å². The lowest BCUT2D eigenvalue weighted by molar-refractivity contribution is 0.102. The molecule has 1 amide bonds. The first-order valence-corrected chi connectivity index (χ1v) is 7.05. The van der Waals surface area contributed by atoms with Gasteiger partial charge in [-0.1, -0.05) is 12.1 Å². The van der Waals surface area contributed by atoms with Crippen molar-refractivity contribution in [1.82, 2.24) is 4.98 Å². The van der Waals surface area contributed by atoms with Gasteiger partial charge in [0.15, 0.2) is 0 Å². The third-order valence-corrected chi connectivity index (χ3v) is 3.74. The van der Waals surface area contributed by atoms with Gasteiger partial charge in [0.1, 0.15) is 5.82 Å². The topological polar surface area (TPSA) is 42.0 Å². The molecule has 0 saturated carbocycles. The fraction of sp³-hybridized carbons (Fsp3) is 0. The highest BCUT2D eigenvalue weighted by Crippen LogP contribution is 2.24. The number of pyridine rings is 1. The molecule has 1 aromatic heterocycles. The van der Waals surface area contributed by atoms with Gasteiger partial charge in [-0.3, -0.25) is 9.78 Å². The minimum atomic E-state index is -0.569. The SMILES string of the molecule is O=C(Nc1cccc2ncccc12)c1c(F)cccc1Br. The summed E-state index contributed by atoms with van der Waals surface area (Å²) in [5.74, 6) is -1.07. The van der Waals surface area contributed by atoms with Gasteiger partial charge in [0.25, 0.3) is 5.91 Å². The molecule has 2 aromatic carbocycles. The number of benzene rings is 2. The summed E-state index contributed by atoms with van der Waals surface area (Å²) in [6.07, 6.45) is 1.68. The summed E-state index contributed by atoms with van der Waals surface area (Å²) in [5, 5.41) is 3.54. The Balaban J connectivity index is 2.01. The van der Waals surface area contributed by atoms with Crippen molar-refractivity contribution in [2.45, 2.75) is 0 Å². The second-order valence-corrected chi connectivity index (χ2v) is 5.28. The number of carbonyl (C=O) groups is 1. The Labute approximate surface area is 128 Å². The molecule has 3 rings (SSSR count). The number of fused-ring (bicyclic) bond motifs is 1. The van der Waals surface area contributed by atoms with E-state index in [4.69, 9.17) is 0 Å². The molecular weight excluding hydrogens is 335 g/mol. The van der Waals surface area contributed by atoms with E-state index in [1.165, 1.54) is 12.1 Å². The van der Waals surface area contributed by atoms with Gasteiger partial charge in [-0.25, -0.2) is 4.39 Å². The van der Waals surface area contributed by atoms with Crippen LogP contribution in [-0.2, 0) is 0 Å². The molecule has 3 nitrogen and oxygen atoms in total. The molecule has 0 saturated heterocycles. The number of amides is 1. The van der Waals surface area contributed by atoms with Gasteiger partial charge in [0.2, 0.25) is 0 Å². The van der Waals surface area contributed by atoms with Crippen LogP contribution in [-0.4, -0.2) is 10.9 Å². The zero-order chi connectivity index (χ0) is 14.8. The van der Waals surface area contributed by atoms with Crippen LogP contribution in [0, 0.1) is 5.82 Å². The van der Waals surface area contributed by atoms with Crippen molar-refractivity contribution >= 4 is 38.4 Å². The maximum Gasteiger partial charge on any atom is 0.259 e. The third kappa shape index (κ3) is 2.64. The summed E-state index contributed by atoms with van der Waals surface area (Å²) >= 11 is 3.20. The van der Waals surface area contributed by atoms with Crippen LogP contribution < -0.4 is 5.32 Å². The second kappa shape index (κ2) is 5.61. The molecule has 0 fully saturated rings. The molecule has 0 bridgehead atoms. The van der Waals surface area contributed by atoms with E-state index >= 15 is 0 Å². The summed E-state index contributed by atoms with van der Waals surface area (Å²) in [4.78, 5) is 16.5. The first kappa shape index (κ1) is 13.7. The molecule has 5 heteroatoms. The molecule has 0 spiro atoms. The molecule has 0 unspecified atom stereocenters. The van der Waals surface area contributed by atoms with E-state index in [0.29, 0.717) is 10.2 Å². The maximum atomic E-state index is 13.8. The Morgan fingerprint density at radius 1 is 1.10 bits per heavy atom. The number of nitrogens with one attached hydrogen (secondary N) is 1. The van der Waals surface area contributed by atoms with Crippen molar-refractivity contribution < 1.29 is 9.18 Å². The molecule has 1 heterocycles. The van der Waals surface area contributed by atoms with Crippen LogP contribution in [0.2, 0.25) is 0 Å². The number of rotatable bonds is 2. The number of aromatic nitrogens is 1. The van der Waals surface area contributed by atoms with Crippen molar-refractivity contribution in [3.8, 4) is 0 Å². The number of hydrogen-bond donors (Lipinski definition) is 1. The predicted octanol–water partition coefficient (Wildman–Crippen LogP) is 4.39. The molecule has 0 atom stereocenters. The maximum absolute atomic E-state index is 13.8. The Morgan fingerprint density at radius 2 is 1.90 bits per heavy atom. The van der Waals surface area contributed by atoms with E-state index in [1.54, 1.807) is 30.5 Å². The monoisotopic (exact) mass is 344 g/mol. The standard InChI is InChI=1S/C16H10BrFN2O/c17-11-5-1-6-12(18)15(11)16(21)20-14-8-2-7-13-10(14)4-3-9-19-13/h1-9H,(H,20,21). The van der Waals surface area contributed by atoms with Gasteiger partial charge >= 0.3 is 0 Å². The largest absolute Gasteiger partial charge is 0.321 e. The van der Waals surface area contributed by atoms with Gasteiger partial charge in [0.05, 0.1) is 16.8 Å². The highest BCUT2D eigenvalue weighted by Gasteiger charge is 2.16. The second-order valence-electron chi connectivity index (χ2n) is 4.43. The highest BCUT2D eigenvalue weighted by atomic mass is 79.9. The van der Waals surface area contributed by atoms with E-state index in [9.17, 15) is 9.18 Å². The molecule has 0 radical (unpaired) electrons. The Hall–Kier alpha value is -2.27. The van der Waals surface area contributed by atoms with Crippen molar-refractivity contribution in [2.24, 2.45) is 0 Å². The van der Waals surface area contributed by atoms with Gasteiger partial charge in [0, 0.05) is 16.1 Å². The van der Waals surface area contributed by atoms with Crippen molar-refractivity contribution in [3.05, 3.63) is 70.6 Å². The average Bonchev–Trinajstić information content (AvgIpc) is 2.47. The van der Waals surface area contributed by atoms with Crippen molar-refractivity contribution in [2.75, 3.05) is 5.32 Å². The number of hydrogen-bond acceptors (Lipinski definition) is 2. The van der Waals surface area contributed by atoms with E-state index in [1.807, 2.05) is 12.1 Å². The molecule has 0 aliphatic heterocycles. The number of halogens is 2. The van der Waals surface area contributed by atoms with E-state index in [0.717, 1.165) is 10.9 Å². The van der Waals surface area contributed by atoms with E-state index in [2.05, 4.69) is 26.2 Å². The molecule has 0 aliphatic rings. The van der Waals surface area contributed by atoms with Crippen molar-refractivity contribution in [1.29, 1.82) is 0 Å². The molecule has 21 heavy (non-hydrogen) atoms. The minimum absolute atomic E-state index is 0.0154. The van der Waals surface area contributed by atoms with Crippen LogP contribution in [0.3, 0.4) is 0 Å². The lowest BCUT2D eigenvalue weighted by atomic mass is 10.1. The van der Waals surface area contributed by atoms with E-state index < -0.39 is 11.7 Å².